The monoisotopic (exact) mass is 286 g/mol. The maximum absolute atomic E-state index is 12.0. The van der Waals surface area contributed by atoms with Gasteiger partial charge in [0, 0.05) is 5.02 Å². The van der Waals surface area contributed by atoms with Gasteiger partial charge in [0.25, 0.3) is 0 Å². The second kappa shape index (κ2) is 6.56. The summed E-state index contributed by atoms with van der Waals surface area (Å²) >= 11 is 10.7. The minimum Gasteiger partial charge on any atom is -0.495 e. The first-order valence-corrected chi connectivity index (χ1v) is 6.22. The molecule has 0 fully saturated rings. The van der Waals surface area contributed by atoms with Crippen LogP contribution in [0.3, 0.4) is 0 Å². The summed E-state index contributed by atoms with van der Waals surface area (Å²) in [5, 5.41) is 3.23. The fourth-order valence-corrected chi connectivity index (χ4v) is 1.96. The third-order valence-electron chi connectivity index (χ3n) is 2.49. The molecule has 0 aromatic heterocycles. The van der Waals surface area contributed by atoms with E-state index < -0.39 is 5.92 Å². The van der Waals surface area contributed by atoms with Crippen LogP contribution in [-0.2, 0) is 4.79 Å². The summed E-state index contributed by atoms with van der Waals surface area (Å²) in [6, 6.07) is 4.98. The smallest absolute Gasteiger partial charge is 0.234 e. The lowest BCUT2D eigenvalue weighted by atomic mass is 10.1. The Labute approximate surface area is 116 Å². The van der Waals surface area contributed by atoms with Crippen molar-refractivity contribution in [2.45, 2.75) is 13.3 Å². The Balaban J connectivity index is 2.93. The minimum atomic E-state index is -0.497. The van der Waals surface area contributed by atoms with E-state index in [2.05, 4.69) is 5.32 Å². The SMILES string of the molecule is CCC(C(=O)Nc1cc(Cl)ccc1OC)C(N)=S. The molecule has 1 amide bonds. The summed E-state index contributed by atoms with van der Waals surface area (Å²) in [6.45, 7) is 1.85. The fourth-order valence-electron chi connectivity index (χ4n) is 1.51. The maximum atomic E-state index is 12.0. The summed E-state index contributed by atoms with van der Waals surface area (Å²) < 4.78 is 5.14. The standard InChI is InChI=1S/C12H15ClN2O2S/c1-3-8(11(14)18)12(16)15-9-6-7(13)4-5-10(9)17-2/h4-6,8H,3H2,1-2H3,(H2,14,18)(H,15,16). The molecule has 1 aromatic rings. The molecular weight excluding hydrogens is 272 g/mol. The molecule has 0 aliphatic heterocycles. The lowest BCUT2D eigenvalue weighted by Gasteiger charge is -2.15. The summed E-state index contributed by atoms with van der Waals surface area (Å²) in [4.78, 5) is 12.2. The fraction of sp³-hybridized carbons (Fsp3) is 0.333. The first-order chi connectivity index (χ1) is 8.49. The van der Waals surface area contributed by atoms with E-state index in [1.54, 1.807) is 18.2 Å². The Morgan fingerprint density at radius 3 is 2.78 bits per heavy atom. The predicted octanol–water partition coefficient (Wildman–Crippen LogP) is 2.60. The van der Waals surface area contributed by atoms with Crippen molar-refractivity contribution in [3.05, 3.63) is 23.2 Å². The van der Waals surface area contributed by atoms with Crippen LogP contribution in [0.4, 0.5) is 5.69 Å². The Morgan fingerprint density at radius 2 is 2.28 bits per heavy atom. The predicted molar refractivity (Wildman–Crippen MR) is 77.2 cm³/mol. The zero-order chi connectivity index (χ0) is 13.7. The molecule has 6 heteroatoms. The maximum Gasteiger partial charge on any atom is 0.234 e. The molecule has 0 radical (unpaired) electrons. The number of carbonyl (C=O) groups is 1. The van der Waals surface area contributed by atoms with Gasteiger partial charge in [0.2, 0.25) is 5.91 Å². The van der Waals surface area contributed by atoms with Gasteiger partial charge in [-0.15, -0.1) is 0 Å². The number of amides is 1. The van der Waals surface area contributed by atoms with Gasteiger partial charge in [-0.05, 0) is 24.6 Å². The van der Waals surface area contributed by atoms with E-state index >= 15 is 0 Å². The number of rotatable bonds is 5. The van der Waals surface area contributed by atoms with Gasteiger partial charge in [-0.2, -0.15) is 0 Å². The average molecular weight is 287 g/mol. The van der Waals surface area contributed by atoms with E-state index in [0.29, 0.717) is 22.9 Å². The average Bonchev–Trinajstić information content (AvgIpc) is 2.29. The van der Waals surface area contributed by atoms with E-state index in [1.807, 2.05) is 6.92 Å². The van der Waals surface area contributed by atoms with Crippen LogP contribution in [0, 0.1) is 5.92 Å². The number of anilines is 1. The highest BCUT2D eigenvalue weighted by Gasteiger charge is 2.20. The molecule has 0 aliphatic carbocycles. The Kier molecular flexibility index (Phi) is 5.37. The topological polar surface area (TPSA) is 64.3 Å². The number of hydrogen-bond donors (Lipinski definition) is 2. The molecule has 1 aromatic carbocycles. The van der Waals surface area contributed by atoms with Crippen LogP contribution in [0.15, 0.2) is 18.2 Å². The van der Waals surface area contributed by atoms with E-state index in [4.69, 9.17) is 34.3 Å². The molecule has 98 valence electrons. The number of halogens is 1. The first-order valence-electron chi connectivity index (χ1n) is 5.43. The van der Waals surface area contributed by atoms with E-state index in [0.717, 1.165) is 0 Å². The van der Waals surface area contributed by atoms with Gasteiger partial charge in [-0.1, -0.05) is 30.7 Å². The molecule has 0 saturated carbocycles. The molecule has 4 nitrogen and oxygen atoms in total. The van der Waals surface area contributed by atoms with Gasteiger partial charge < -0.3 is 15.8 Å². The van der Waals surface area contributed by atoms with Gasteiger partial charge in [0.1, 0.15) is 5.75 Å². The molecular formula is C12H15ClN2O2S. The van der Waals surface area contributed by atoms with E-state index in [1.165, 1.54) is 7.11 Å². The van der Waals surface area contributed by atoms with Crippen molar-refractivity contribution in [3.8, 4) is 5.75 Å². The van der Waals surface area contributed by atoms with Crippen molar-refractivity contribution in [2.75, 3.05) is 12.4 Å². The van der Waals surface area contributed by atoms with Crippen LogP contribution in [0.5, 0.6) is 5.75 Å². The van der Waals surface area contributed by atoms with Gasteiger partial charge in [-0.25, -0.2) is 0 Å². The molecule has 0 bridgehead atoms. The second-order valence-corrected chi connectivity index (χ2v) is 4.60. The Hall–Kier alpha value is -1.33. The largest absolute Gasteiger partial charge is 0.495 e. The number of carbonyl (C=O) groups excluding carboxylic acids is 1. The van der Waals surface area contributed by atoms with Gasteiger partial charge in [-0.3, -0.25) is 4.79 Å². The molecule has 1 rings (SSSR count). The van der Waals surface area contributed by atoms with Crippen molar-refractivity contribution >= 4 is 40.4 Å². The second-order valence-electron chi connectivity index (χ2n) is 3.70. The number of thiocarbonyl (C=S) groups is 1. The van der Waals surface area contributed by atoms with Crippen molar-refractivity contribution in [1.82, 2.24) is 0 Å². The van der Waals surface area contributed by atoms with Crippen LogP contribution in [0.25, 0.3) is 0 Å². The third kappa shape index (κ3) is 3.58. The summed E-state index contributed by atoms with van der Waals surface area (Å²) in [6.07, 6.45) is 0.546. The van der Waals surface area contributed by atoms with Crippen LogP contribution in [0.2, 0.25) is 5.02 Å². The highest BCUT2D eigenvalue weighted by Crippen LogP contribution is 2.28. The number of nitrogens with one attached hydrogen (secondary N) is 1. The van der Waals surface area contributed by atoms with Gasteiger partial charge >= 0.3 is 0 Å². The van der Waals surface area contributed by atoms with E-state index in [9.17, 15) is 4.79 Å². The van der Waals surface area contributed by atoms with Crippen LogP contribution in [-0.4, -0.2) is 18.0 Å². The quantitative estimate of drug-likeness (QED) is 0.817. The van der Waals surface area contributed by atoms with Crippen molar-refractivity contribution < 1.29 is 9.53 Å². The molecule has 1 atom stereocenters. The summed E-state index contributed by atoms with van der Waals surface area (Å²) in [7, 11) is 1.52. The molecule has 0 spiro atoms. The lowest BCUT2D eigenvalue weighted by Crippen LogP contribution is -2.32. The number of methoxy groups -OCH3 is 1. The van der Waals surface area contributed by atoms with Crippen LogP contribution >= 0.6 is 23.8 Å². The normalized spacial score (nSPS) is 11.7. The number of benzene rings is 1. The summed E-state index contributed by atoms with van der Waals surface area (Å²) in [5.41, 5.74) is 6.02. The molecule has 0 saturated heterocycles. The Morgan fingerprint density at radius 1 is 1.61 bits per heavy atom. The molecule has 0 aliphatic rings. The van der Waals surface area contributed by atoms with Crippen LogP contribution in [0.1, 0.15) is 13.3 Å². The first kappa shape index (κ1) is 14.7. The Bertz CT molecular complexity index is 465. The van der Waals surface area contributed by atoms with Crippen molar-refractivity contribution in [1.29, 1.82) is 0 Å². The van der Waals surface area contributed by atoms with Gasteiger partial charge in [0.05, 0.1) is 23.7 Å². The van der Waals surface area contributed by atoms with Crippen molar-refractivity contribution in [2.24, 2.45) is 11.7 Å². The van der Waals surface area contributed by atoms with Crippen molar-refractivity contribution in [3.63, 3.8) is 0 Å². The molecule has 1 unspecified atom stereocenters. The van der Waals surface area contributed by atoms with Gasteiger partial charge in [0.15, 0.2) is 0 Å². The molecule has 0 heterocycles. The highest BCUT2D eigenvalue weighted by molar-refractivity contribution is 7.80. The molecule has 18 heavy (non-hydrogen) atoms. The van der Waals surface area contributed by atoms with E-state index in [-0.39, 0.29) is 10.9 Å². The number of hydrogen-bond acceptors (Lipinski definition) is 3. The zero-order valence-electron chi connectivity index (χ0n) is 10.2. The minimum absolute atomic E-state index is 0.177. The lowest BCUT2D eigenvalue weighted by molar-refractivity contribution is -0.118. The molecule has 3 N–H and O–H groups in total. The van der Waals surface area contributed by atoms with Crippen LogP contribution < -0.4 is 15.8 Å². The number of ether oxygens (including phenoxy) is 1. The summed E-state index contributed by atoms with van der Waals surface area (Å²) in [5.74, 6) is -0.222. The zero-order valence-corrected chi connectivity index (χ0v) is 11.8. The number of nitrogens with two attached hydrogens (primary N) is 1. The highest BCUT2D eigenvalue weighted by atomic mass is 35.5. The third-order valence-corrected chi connectivity index (χ3v) is 3.01.